The van der Waals surface area contributed by atoms with Crippen molar-refractivity contribution in [1.29, 1.82) is 0 Å². The molecule has 2 atom stereocenters. The van der Waals surface area contributed by atoms with Gasteiger partial charge in [0.05, 0.1) is 6.61 Å². The summed E-state index contributed by atoms with van der Waals surface area (Å²) in [5.74, 6) is -2.58. The van der Waals surface area contributed by atoms with Gasteiger partial charge in [0, 0.05) is 47.2 Å². The van der Waals surface area contributed by atoms with Gasteiger partial charge in [0.1, 0.15) is 11.4 Å². The molecule has 0 radical (unpaired) electrons. The summed E-state index contributed by atoms with van der Waals surface area (Å²) in [5, 5.41) is 9.60. The standard InChI is InChI=1S/C33H35Cl2F2N3O6/c1-32(2,3)46-28(42)13-14-33(31(43)40-38-19-20-5-12-26(36)27(37)17-20)29(24-11-8-22(34)18-25(24)35)45-30(39-33)21-6-9-23(10-7-21)44-16-4-15-41/h5-12,17-18,29,38,41H,4,13-16,19H2,1-3H3,(H,40,43)/t29-,33-/m0/s1. The van der Waals surface area contributed by atoms with Crippen LogP contribution < -0.4 is 15.6 Å². The maximum atomic E-state index is 14.2. The lowest BCUT2D eigenvalue weighted by atomic mass is 9.83. The van der Waals surface area contributed by atoms with Crippen molar-refractivity contribution in [2.24, 2.45) is 4.99 Å². The number of ether oxygens (including phenoxy) is 3. The van der Waals surface area contributed by atoms with E-state index in [2.05, 4.69) is 10.9 Å². The lowest BCUT2D eigenvalue weighted by Gasteiger charge is -2.31. The van der Waals surface area contributed by atoms with Gasteiger partial charge in [-0.3, -0.25) is 15.0 Å². The molecule has 1 aliphatic rings. The van der Waals surface area contributed by atoms with Crippen molar-refractivity contribution < 1.29 is 37.7 Å². The van der Waals surface area contributed by atoms with Crippen LogP contribution in [0.25, 0.3) is 0 Å². The van der Waals surface area contributed by atoms with Crippen LogP contribution in [-0.2, 0) is 25.6 Å². The lowest BCUT2D eigenvalue weighted by molar-refractivity contribution is -0.155. The first-order valence-electron chi connectivity index (χ1n) is 14.6. The third kappa shape index (κ3) is 8.94. The van der Waals surface area contributed by atoms with Gasteiger partial charge < -0.3 is 19.3 Å². The highest BCUT2D eigenvalue weighted by molar-refractivity contribution is 6.35. The number of nitrogens with one attached hydrogen (secondary N) is 2. The SMILES string of the molecule is CC(C)(C)OC(=O)CC[C@]1(C(=O)NNCc2ccc(F)c(F)c2)N=C(c2ccc(OCCCO)cc2)O[C@H]1c1ccc(Cl)cc1Cl. The molecule has 0 saturated heterocycles. The van der Waals surface area contributed by atoms with E-state index in [0.717, 1.165) is 12.1 Å². The zero-order chi connectivity index (χ0) is 33.5. The molecular weight excluding hydrogens is 643 g/mol. The molecule has 13 heteroatoms. The van der Waals surface area contributed by atoms with Crippen molar-refractivity contribution in [3.8, 4) is 5.75 Å². The van der Waals surface area contributed by atoms with Gasteiger partial charge in [-0.25, -0.2) is 19.2 Å². The average Bonchev–Trinajstić information content (AvgIpc) is 3.38. The smallest absolute Gasteiger partial charge is 0.306 e. The van der Waals surface area contributed by atoms with Crippen LogP contribution in [0.4, 0.5) is 8.78 Å². The number of aliphatic hydroxyl groups is 1. The molecule has 9 nitrogen and oxygen atoms in total. The van der Waals surface area contributed by atoms with Crippen LogP contribution >= 0.6 is 23.2 Å². The van der Waals surface area contributed by atoms with Crippen molar-refractivity contribution in [3.05, 3.63) is 99.0 Å². The minimum Gasteiger partial charge on any atom is -0.494 e. The fraction of sp³-hybridized carbons (Fsp3) is 0.364. The molecule has 0 aliphatic carbocycles. The highest BCUT2D eigenvalue weighted by Crippen LogP contribution is 2.45. The van der Waals surface area contributed by atoms with E-state index in [1.807, 2.05) is 0 Å². The van der Waals surface area contributed by atoms with Crippen LogP contribution in [0, 0.1) is 11.6 Å². The zero-order valence-electron chi connectivity index (χ0n) is 25.5. The van der Waals surface area contributed by atoms with E-state index >= 15 is 0 Å². The Bertz CT molecular complexity index is 1580. The number of rotatable bonds is 13. The highest BCUT2D eigenvalue weighted by Gasteiger charge is 2.54. The third-order valence-corrected chi connectivity index (χ3v) is 7.45. The van der Waals surface area contributed by atoms with Crippen LogP contribution in [0.15, 0.2) is 65.7 Å². The molecule has 3 aromatic carbocycles. The van der Waals surface area contributed by atoms with Gasteiger partial charge in [0.15, 0.2) is 23.3 Å². The average molecular weight is 679 g/mol. The molecule has 0 aromatic heterocycles. The lowest BCUT2D eigenvalue weighted by Crippen LogP contribution is -2.52. The van der Waals surface area contributed by atoms with Crippen molar-refractivity contribution >= 4 is 41.0 Å². The molecule has 4 rings (SSSR count). The Labute approximate surface area is 275 Å². The zero-order valence-corrected chi connectivity index (χ0v) is 27.1. The second-order valence-corrected chi connectivity index (χ2v) is 12.4. The van der Waals surface area contributed by atoms with Gasteiger partial charge in [0.2, 0.25) is 5.90 Å². The summed E-state index contributed by atoms with van der Waals surface area (Å²) in [5.41, 5.74) is 4.12. The predicted molar refractivity (Wildman–Crippen MR) is 170 cm³/mol. The van der Waals surface area contributed by atoms with E-state index in [0.29, 0.717) is 40.5 Å². The molecule has 1 heterocycles. The molecule has 3 aromatic rings. The molecule has 0 bridgehead atoms. The van der Waals surface area contributed by atoms with E-state index < -0.39 is 40.8 Å². The summed E-state index contributed by atoms with van der Waals surface area (Å²) in [6, 6.07) is 14.9. The molecule has 246 valence electrons. The Morgan fingerprint density at radius 1 is 1.04 bits per heavy atom. The summed E-state index contributed by atoms with van der Waals surface area (Å²) >= 11 is 12.8. The molecule has 0 spiro atoms. The predicted octanol–water partition coefficient (Wildman–Crippen LogP) is 6.23. The number of halogens is 4. The van der Waals surface area contributed by atoms with E-state index in [1.54, 1.807) is 57.2 Å². The number of carbonyl (C=O) groups is 2. The molecule has 3 N–H and O–H groups in total. The number of amides is 1. The van der Waals surface area contributed by atoms with Gasteiger partial charge in [-0.05, 0) is 81.3 Å². The van der Waals surface area contributed by atoms with E-state index in [9.17, 15) is 18.4 Å². The molecule has 46 heavy (non-hydrogen) atoms. The van der Waals surface area contributed by atoms with Crippen molar-refractivity contribution in [3.63, 3.8) is 0 Å². The normalized spacial score (nSPS) is 17.7. The van der Waals surface area contributed by atoms with Crippen LogP contribution in [0.1, 0.15) is 62.8 Å². The van der Waals surface area contributed by atoms with Crippen molar-refractivity contribution in [2.75, 3.05) is 13.2 Å². The molecule has 1 aliphatic heterocycles. The van der Waals surface area contributed by atoms with Crippen LogP contribution in [0.3, 0.4) is 0 Å². The fourth-order valence-electron chi connectivity index (χ4n) is 4.73. The minimum absolute atomic E-state index is 0.000458. The number of hydrogen-bond donors (Lipinski definition) is 3. The Hall–Kier alpha value is -3.77. The number of nitrogens with zero attached hydrogens (tertiary/aromatic N) is 1. The maximum absolute atomic E-state index is 14.2. The number of aliphatic hydroxyl groups excluding tert-OH is 1. The van der Waals surface area contributed by atoms with E-state index in [-0.39, 0.29) is 36.9 Å². The number of aliphatic imine (C=N–C) groups is 1. The first kappa shape index (κ1) is 35.1. The van der Waals surface area contributed by atoms with Crippen molar-refractivity contribution in [1.82, 2.24) is 10.9 Å². The van der Waals surface area contributed by atoms with Crippen LogP contribution in [0.2, 0.25) is 10.0 Å². The second-order valence-electron chi connectivity index (χ2n) is 11.6. The second kappa shape index (κ2) is 15.2. The first-order chi connectivity index (χ1) is 21.8. The Morgan fingerprint density at radius 2 is 1.78 bits per heavy atom. The van der Waals surface area contributed by atoms with Gasteiger partial charge in [-0.1, -0.05) is 35.3 Å². The topological polar surface area (TPSA) is 118 Å². The monoisotopic (exact) mass is 677 g/mol. The third-order valence-electron chi connectivity index (χ3n) is 6.88. The molecule has 0 unspecified atom stereocenters. The van der Waals surface area contributed by atoms with Gasteiger partial charge in [-0.15, -0.1) is 0 Å². The van der Waals surface area contributed by atoms with Crippen LogP contribution in [0.5, 0.6) is 5.75 Å². The Morgan fingerprint density at radius 3 is 2.43 bits per heavy atom. The van der Waals surface area contributed by atoms with Gasteiger partial charge in [0.25, 0.3) is 5.91 Å². The summed E-state index contributed by atoms with van der Waals surface area (Å²) < 4.78 is 44.7. The van der Waals surface area contributed by atoms with E-state index in [4.69, 9.17) is 47.5 Å². The van der Waals surface area contributed by atoms with Crippen molar-refractivity contribution in [2.45, 2.75) is 63.8 Å². The van der Waals surface area contributed by atoms with Gasteiger partial charge in [-0.2, -0.15) is 0 Å². The highest BCUT2D eigenvalue weighted by atomic mass is 35.5. The summed E-state index contributed by atoms with van der Waals surface area (Å²) in [7, 11) is 0. The molecule has 1 amide bonds. The quantitative estimate of drug-likeness (QED) is 0.111. The molecule has 0 saturated carbocycles. The fourth-order valence-corrected chi connectivity index (χ4v) is 5.24. The Balaban J connectivity index is 1.71. The van der Waals surface area contributed by atoms with E-state index in [1.165, 1.54) is 12.1 Å². The maximum Gasteiger partial charge on any atom is 0.306 e. The largest absolute Gasteiger partial charge is 0.494 e. The molecular formula is C33H35Cl2F2N3O6. The van der Waals surface area contributed by atoms with Crippen LogP contribution in [-0.4, -0.2) is 47.2 Å². The summed E-state index contributed by atoms with van der Waals surface area (Å²) in [6.07, 6.45) is -0.982. The molecule has 0 fully saturated rings. The first-order valence-corrected chi connectivity index (χ1v) is 15.3. The van der Waals surface area contributed by atoms with Gasteiger partial charge >= 0.3 is 5.97 Å². The Kier molecular flexibility index (Phi) is 11.6. The minimum atomic E-state index is -1.75. The number of hydrogen-bond acceptors (Lipinski definition) is 8. The summed E-state index contributed by atoms with van der Waals surface area (Å²) in [6.45, 7) is 5.48. The number of carbonyl (C=O) groups excluding carboxylic acids is 2. The summed E-state index contributed by atoms with van der Waals surface area (Å²) in [4.78, 5) is 31.8. The number of benzene rings is 3. The number of esters is 1. The number of hydrazine groups is 1.